The zero-order valence-corrected chi connectivity index (χ0v) is 8.24. The lowest BCUT2D eigenvalue weighted by molar-refractivity contribution is 0.589. The van der Waals surface area contributed by atoms with E-state index >= 15 is 0 Å². The molecule has 0 spiro atoms. The van der Waals surface area contributed by atoms with Crippen LogP contribution in [0.25, 0.3) is 10.6 Å². The Morgan fingerprint density at radius 1 is 1.21 bits per heavy atom. The summed E-state index contributed by atoms with van der Waals surface area (Å²) in [5.74, 6) is -1.14. The van der Waals surface area contributed by atoms with Crippen LogP contribution in [0.3, 0.4) is 0 Å². The predicted molar refractivity (Wildman–Crippen MR) is 52.2 cm³/mol. The number of aromatic nitrogens is 1. The minimum Gasteiger partial charge on any atom is -0.241 e. The molecule has 2 aromatic rings. The molecule has 0 aliphatic rings. The Morgan fingerprint density at radius 3 is 2.36 bits per heavy atom. The topological polar surface area (TPSA) is 12.9 Å². The van der Waals surface area contributed by atoms with Crippen LogP contribution in [0.5, 0.6) is 0 Å². The first-order valence-electron chi connectivity index (χ1n) is 4.05. The summed E-state index contributed by atoms with van der Waals surface area (Å²) in [5.41, 5.74) is 0.734. The number of hydrogen-bond donors (Lipinski definition) is 0. The number of thiazole rings is 1. The van der Waals surface area contributed by atoms with Crippen molar-refractivity contribution in [3.05, 3.63) is 40.9 Å². The third-order valence-electron chi connectivity index (χ3n) is 1.80. The monoisotopic (exact) mass is 211 g/mol. The summed E-state index contributed by atoms with van der Waals surface area (Å²) in [7, 11) is 0. The molecular weight excluding hydrogens is 204 g/mol. The van der Waals surface area contributed by atoms with Crippen molar-refractivity contribution < 1.29 is 8.78 Å². The van der Waals surface area contributed by atoms with Gasteiger partial charge in [0.1, 0.15) is 16.6 Å². The van der Waals surface area contributed by atoms with E-state index in [1.54, 1.807) is 12.3 Å². The molecule has 0 amide bonds. The number of benzene rings is 1. The molecule has 0 atom stereocenters. The van der Waals surface area contributed by atoms with Crippen molar-refractivity contribution >= 4 is 11.3 Å². The number of halogens is 2. The first-order chi connectivity index (χ1) is 6.68. The fourth-order valence-corrected chi connectivity index (χ4v) is 2.02. The average molecular weight is 211 g/mol. The zero-order chi connectivity index (χ0) is 10.1. The van der Waals surface area contributed by atoms with Gasteiger partial charge in [-0.2, -0.15) is 0 Å². The van der Waals surface area contributed by atoms with Gasteiger partial charge >= 0.3 is 0 Å². The molecule has 0 unspecified atom stereocenters. The summed E-state index contributed by atoms with van der Waals surface area (Å²) in [6.07, 6.45) is 0. The first-order valence-corrected chi connectivity index (χ1v) is 4.93. The van der Waals surface area contributed by atoms with E-state index in [4.69, 9.17) is 0 Å². The molecule has 72 valence electrons. The molecule has 0 bridgehead atoms. The van der Waals surface area contributed by atoms with E-state index in [2.05, 4.69) is 4.98 Å². The van der Waals surface area contributed by atoms with Gasteiger partial charge in [-0.3, -0.25) is 0 Å². The predicted octanol–water partition coefficient (Wildman–Crippen LogP) is 3.40. The van der Waals surface area contributed by atoms with E-state index in [9.17, 15) is 8.78 Å². The fourth-order valence-electron chi connectivity index (χ4n) is 1.17. The Labute approximate surface area is 84.0 Å². The van der Waals surface area contributed by atoms with Gasteiger partial charge in [0.2, 0.25) is 0 Å². The van der Waals surface area contributed by atoms with Crippen molar-refractivity contribution in [1.82, 2.24) is 4.98 Å². The van der Waals surface area contributed by atoms with Crippen LogP contribution in [0.1, 0.15) is 5.69 Å². The highest BCUT2D eigenvalue weighted by Gasteiger charge is 2.13. The lowest BCUT2D eigenvalue weighted by atomic mass is 10.2. The molecule has 0 saturated heterocycles. The molecule has 4 heteroatoms. The van der Waals surface area contributed by atoms with Crippen molar-refractivity contribution in [1.29, 1.82) is 0 Å². The molecule has 1 heterocycles. The second-order valence-electron chi connectivity index (χ2n) is 2.89. The average Bonchev–Trinajstić information content (AvgIpc) is 2.51. The van der Waals surface area contributed by atoms with Crippen LogP contribution in [0.15, 0.2) is 23.6 Å². The van der Waals surface area contributed by atoms with Gasteiger partial charge in [0.15, 0.2) is 0 Å². The normalized spacial score (nSPS) is 10.5. The molecule has 0 saturated carbocycles. The maximum Gasteiger partial charge on any atom is 0.136 e. The van der Waals surface area contributed by atoms with E-state index in [0.29, 0.717) is 5.01 Å². The highest BCUT2D eigenvalue weighted by molar-refractivity contribution is 7.13. The third kappa shape index (κ3) is 1.53. The van der Waals surface area contributed by atoms with Gasteiger partial charge in [-0.1, -0.05) is 6.07 Å². The van der Waals surface area contributed by atoms with Crippen LogP contribution in [0.4, 0.5) is 8.78 Å². The molecule has 2 rings (SSSR count). The van der Waals surface area contributed by atoms with Crippen LogP contribution in [-0.2, 0) is 0 Å². The van der Waals surface area contributed by atoms with Crippen molar-refractivity contribution in [2.24, 2.45) is 0 Å². The molecule has 1 aromatic carbocycles. The highest BCUT2D eigenvalue weighted by Crippen LogP contribution is 2.28. The number of aryl methyl sites for hydroxylation is 1. The van der Waals surface area contributed by atoms with E-state index in [-0.39, 0.29) is 5.56 Å². The molecule has 0 aliphatic carbocycles. The minimum absolute atomic E-state index is 0.0365. The molecular formula is C10H7F2NS. The number of nitrogens with zero attached hydrogens (tertiary/aromatic N) is 1. The fraction of sp³-hybridized carbons (Fsp3) is 0.100. The molecule has 0 radical (unpaired) electrons. The number of hydrogen-bond acceptors (Lipinski definition) is 2. The van der Waals surface area contributed by atoms with Crippen molar-refractivity contribution in [2.75, 3.05) is 0 Å². The summed E-state index contributed by atoms with van der Waals surface area (Å²) in [5, 5.41) is 2.15. The van der Waals surface area contributed by atoms with Gasteiger partial charge in [-0.15, -0.1) is 11.3 Å². The van der Waals surface area contributed by atoms with Crippen LogP contribution in [0.2, 0.25) is 0 Å². The minimum atomic E-state index is -0.570. The summed E-state index contributed by atoms with van der Waals surface area (Å²) in [6.45, 7) is 1.79. The molecule has 1 nitrogen and oxygen atoms in total. The summed E-state index contributed by atoms with van der Waals surface area (Å²) < 4.78 is 26.5. The summed E-state index contributed by atoms with van der Waals surface area (Å²) >= 11 is 1.24. The molecule has 0 aliphatic heterocycles. The maximum atomic E-state index is 13.3. The Bertz CT molecular complexity index is 445. The Kier molecular flexibility index (Phi) is 2.29. The largest absolute Gasteiger partial charge is 0.241 e. The number of rotatable bonds is 1. The van der Waals surface area contributed by atoms with E-state index in [1.807, 2.05) is 0 Å². The maximum absolute atomic E-state index is 13.3. The standard InChI is InChI=1S/C10H7F2NS/c1-6-5-14-10(13-6)9-7(11)3-2-4-8(9)12/h2-5H,1H3. The zero-order valence-electron chi connectivity index (χ0n) is 7.42. The van der Waals surface area contributed by atoms with Gasteiger partial charge in [-0.05, 0) is 19.1 Å². The van der Waals surface area contributed by atoms with Gasteiger partial charge < -0.3 is 0 Å². The van der Waals surface area contributed by atoms with Gasteiger partial charge in [-0.25, -0.2) is 13.8 Å². The smallest absolute Gasteiger partial charge is 0.136 e. The van der Waals surface area contributed by atoms with Crippen molar-refractivity contribution in [2.45, 2.75) is 6.92 Å². The van der Waals surface area contributed by atoms with Crippen LogP contribution < -0.4 is 0 Å². The summed E-state index contributed by atoms with van der Waals surface area (Å²) in [4.78, 5) is 4.04. The van der Waals surface area contributed by atoms with E-state index < -0.39 is 11.6 Å². The van der Waals surface area contributed by atoms with Gasteiger partial charge in [0.05, 0.1) is 5.56 Å². The Hall–Kier alpha value is -1.29. The second-order valence-corrected chi connectivity index (χ2v) is 3.75. The van der Waals surface area contributed by atoms with Crippen molar-refractivity contribution in [3.8, 4) is 10.6 Å². The SMILES string of the molecule is Cc1csc(-c2c(F)cccc2F)n1. The van der Waals surface area contributed by atoms with Gasteiger partial charge in [0.25, 0.3) is 0 Å². The Balaban J connectivity index is 2.61. The molecule has 14 heavy (non-hydrogen) atoms. The second kappa shape index (κ2) is 3.46. The van der Waals surface area contributed by atoms with E-state index in [0.717, 1.165) is 5.69 Å². The third-order valence-corrected chi connectivity index (χ3v) is 2.77. The first kappa shape index (κ1) is 9.27. The summed E-state index contributed by atoms with van der Waals surface area (Å²) in [6, 6.07) is 3.80. The quantitative estimate of drug-likeness (QED) is 0.704. The van der Waals surface area contributed by atoms with Crippen LogP contribution in [-0.4, -0.2) is 4.98 Å². The lowest BCUT2D eigenvalue weighted by Gasteiger charge is -1.99. The molecule has 1 aromatic heterocycles. The van der Waals surface area contributed by atoms with Crippen LogP contribution in [0, 0.1) is 18.6 Å². The molecule has 0 fully saturated rings. The van der Waals surface area contributed by atoms with Crippen LogP contribution >= 0.6 is 11.3 Å². The van der Waals surface area contributed by atoms with Gasteiger partial charge in [0, 0.05) is 11.1 Å². The highest BCUT2D eigenvalue weighted by atomic mass is 32.1. The van der Waals surface area contributed by atoms with E-state index in [1.165, 1.54) is 29.5 Å². The Morgan fingerprint density at radius 2 is 1.86 bits per heavy atom. The lowest BCUT2D eigenvalue weighted by Crippen LogP contribution is -1.88. The molecule has 0 N–H and O–H groups in total. The van der Waals surface area contributed by atoms with Crippen molar-refractivity contribution in [3.63, 3.8) is 0 Å².